The lowest BCUT2D eigenvalue weighted by Crippen LogP contribution is -2.24. The second kappa shape index (κ2) is 4.75. The van der Waals surface area contributed by atoms with Gasteiger partial charge < -0.3 is 15.0 Å². The highest BCUT2D eigenvalue weighted by Gasteiger charge is 2.45. The van der Waals surface area contributed by atoms with Crippen molar-refractivity contribution in [2.45, 2.75) is 6.04 Å². The Morgan fingerprint density at radius 1 is 1.50 bits per heavy atom. The van der Waals surface area contributed by atoms with Gasteiger partial charge in [-0.25, -0.2) is 9.59 Å². The van der Waals surface area contributed by atoms with Gasteiger partial charge in [-0.05, 0) is 12.1 Å². The summed E-state index contributed by atoms with van der Waals surface area (Å²) in [5.74, 6) is -0.432. The van der Waals surface area contributed by atoms with Gasteiger partial charge in [0.2, 0.25) is 0 Å². The molecule has 1 aliphatic rings. The van der Waals surface area contributed by atoms with Crippen LogP contribution in [0.1, 0.15) is 5.56 Å². The minimum atomic E-state index is -0.510. The largest absolute Gasteiger partial charge is 0.467 e. The quantitative estimate of drug-likeness (QED) is 0.621. The number of nitriles is 1. The maximum absolute atomic E-state index is 11.8. The molecule has 1 aliphatic heterocycles. The Bertz CT molecular complexity index is 536. The monoisotopic (exact) mass is 245 g/mol. The number of methoxy groups -OCH3 is 1. The smallest absolute Gasteiger partial charge is 0.330 e. The molecule has 2 amide bonds. The molecular weight excluding hydrogens is 234 g/mol. The van der Waals surface area contributed by atoms with E-state index >= 15 is 0 Å². The maximum Gasteiger partial charge on any atom is 0.330 e. The van der Waals surface area contributed by atoms with Gasteiger partial charge in [0.25, 0.3) is 0 Å². The van der Waals surface area contributed by atoms with E-state index < -0.39 is 18.0 Å². The molecule has 1 saturated heterocycles. The summed E-state index contributed by atoms with van der Waals surface area (Å²) in [7, 11) is 1.28. The van der Waals surface area contributed by atoms with Gasteiger partial charge in [-0.2, -0.15) is 5.26 Å². The lowest BCUT2D eigenvalue weighted by molar-refractivity contribution is -0.140. The van der Waals surface area contributed by atoms with Crippen LogP contribution in [0.25, 0.3) is 0 Å². The third-order valence-electron chi connectivity index (χ3n) is 2.64. The Morgan fingerprint density at radius 2 is 2.22 bits per heavy atom. The van der Waals surface area contributed by atoms with Gasteiger partial charge in [-0.3, -0.25) is 0 Å². The number of hydrogen-bond acceptors (Lipinski definition) is 4. The van der Waals surface area contributed by atoms with Crippen LogP contribution in [0.2, 0.25) is 0 Å². The number of para-hydroxylation sites is 1. The normalized spacial score (nSPS) is 16.7. The van der Waals surface area contributed by atoms with Crippen LogP contribution in [0.15, 0.2) is 24.3 Å². The molecule has 0 unspecified atom stereocenters. The van der Waals surface area contributed by atoms with Gasteiger partial charge in [0, 0.05) is 0 Å². The fraction of sp³-hybridized carbons (Fsp3) is 0.250. The zero-order valence-electron chi connectivity index (χ0n) is 9.71. The van der Waals surface area contributed by atoms with E-state index in [1.165, 1.54) is 12.0 Å². The van der Waals surface area contributed by atoms with Gasteiger partial charge in [0.1, 0.15) is 12.1 Å². The van der Waals surface area contributed by atoms with Crippen molar-refractivity contribution in [3.05, 3.63) is 29.8 Å². The fourth-order valence-electron chi connectivity index (χ4n) is 1.58. The first-order valence-electron chi connectivity index (χ1n) is 5.32. The van der Waals surface area contributed by atoms with E-state index in [1.807, 2.05) is 6.07 Å². The topological polar surface area (TPSA) is 82.2 Å². The van der Waals surface area contributed by atoms with Crippen molar-refractivity contribution >= 4 is 17.7 Å². The van der Waals surface area contributed by atoms with E-state index in [-0.39, 0.29) is 0 Å². The molecule has 1 heterocycles. The molecular formula is C12H11N3O3. The Morgan fingerprint density at radius 3 is 2.89 bits per heavy atom. The number of ether oxygens (including phenoxy) is 1. The Balaban J connectivity index is 2.01. The van der Waals surface area contributed by atoms with Crippen LogP contribution in [0.4, 0.5) is 10.5 Å². The number of anilines is 1. The minimum Gasteiger partial charge on any atom is -0.467 e. The highest BCUT2D eigenvalue weighted by Crippen LogP contribution is 2.21. The summed E-state index contributed by atoms with van der Waals surface area (Å²) in [5.41, 5.74) is 0.808. The van der Waals surface area contributed by atoms with Crippen molar-refractivity contribution in [1.29, 1.82) is 5.26 Å². The summed E-state index contributed by atoms with van der Waals surface area (Å²) in [6, 6.07) is 7.73. The van der Waals surface area contributed by atoms with Crippen LogP contribution in [-0.4, -0.2) is 36.6 Å². The molecule has 1 N–H and O–H groups in total. The number of esters is 1. The Hall–Kier alpha value is -2.55. The van der Waals surface area contributed by atoms with E-state index in [0.29, 0.717) is 17.8 Å². The van der Waals surface area contributed by atoms with Crippen LogP contribution < -0.4 is 5.32 Å². The lowest BCUT2D eigenvalue weighted by atomic mass is 10.2. The van der Waals surface area contributed by atoms with E-state index in [9.17, 15) is 9.59 Å². The number of benzene rings is 1. The number of nitrogens with zero attached hydrogens (tertiary/aromatic N) is 2. The van der Waals surface area contributed by atoms with Crippen molar-refractivity contribution in [2.75, 3.05) is 19.0 Å². The summed E-state index contributed by atoms with van der Waals surface area (Å²) < 4.78 is 4.54. The molecule has 1 atom stereocenters. The van der Waals surface area contributed by atoms with E-state index in [2.05, 4.69) is 10.1 Å². The van der Waals surface area contributed by atoms with Gasteiger partial charge >= 0.3 is 12.0 Å². The molecule has 18 heavy (non-hydrogen) atoms. The maximum atomic E-state index is 11.8. The summed E-state index contributed by atoms with van der Waals surface area (Å²) >= 11 is 0. The number of carbonyl (C=O) groups excluding carboxylic acids is 2. The van der Waals surface area contributed by atoms with Crippen LogP contribution in [-0.2, 0) is 9.53 Å². The number of hydrogen-bond donors (Lipinski definition) is 1. The summed E-state index contributed by atoms with van der Waals surface area (Å²) in [4.78, 5) is 24.3. The molecule has 2 rings (SSSR count). The molecule has 1 fully saturated rings. The standard InChI is InChI=1S/C12H11N3O3/c1-18-11(16)10-7-15(10)12(17)14-9-5-3-2-4-8(9)6-13/h2-5,10H,7H2,1H3,(H,14,17)/t10-,15?/m0/s1. The number of nitrogens with one attached hydrogen (secondary N) is 1. The first-order chi connectivity index (χ1) is 8.67. The van der Waals surface area contributed by atoms with E-state index in [0.717, 1.165) is 0 Å². The van der Waals surface area contributed by atoms with Crippen molar-refractivity contribution in [3.8, 4) is 6.07 Å². The first kappa shape index (κ1) is 11.9. The van der Waals surface area contributed by atoms with Crippen LogP contribution in [0, 0.1) is 11.3 Å². The molecule has 0 bridgehead atoms. The van der Waals surface area contributed by atoms with Crippen molar-refractivity contribution in [3.63, 3.8) is 0 Å². The third kappa shape index (κ3) is 2.25. The SMILES string of the molecule is COC(=O)[C@@H]1CN1C(=O)Nc1ccccc1C#N. The van der Waals surface area contributed by atoms with Crippen LogP contribution >= 0.6 is 0 Å². The average Bonchev–Trinajstić information content (AvgIpc) is 3.18. The molecule has 6 heteroatoms. The predicted molar refractivity (Wildman–Crippen MR) is 62.7 cm³/mol. The third-order valence-corrected chi connectivity index (χ3v) is 2.64. The number of carbonyl (C=O) groups is 2. The fourth-order valence-corrected chi connectivity index (χ4v) is 1.58. The van der Waals surface area contributed by atoms with Gasteiger partial charge in [-0.1, -0.05) is 12.1 Å². The molecule has 0 saturated carbocycles. The molecule has 0 spiro atoms. The highest BCUT2D eigenvalue weighted by atomic mass is 16.5. The highest BCUT2D eigenvalue weighted by molar-refractivity contribution is 5.97. The van der Waals surface area contributed by atoms with Gasteiger partial charge in [-0.15, -0.1) is 0 Å². The summed E-state index contributed by atoms with van der Waals surface area (Å²) in [5, 5.41) is 11.5. The van der Waals surface area contributed by atoms with Crippen molar-refractivity contribution in [1.82, 2.24) is 4.90 Å². The average molecular weight is 245 g/mol. The molecule has 0 aliphatic carbocycles. The zero-order chi connectivity index (χ0) is 13.1. The van der Waals surface area contributed by atoms with Gasteiger partial charge in [0.15, 0.2) is 0 Å². The Kier molecular flexibility index (Phi) is 3.15. The minimum absolute atomic E-state index is 0.341. The molecule has 0 radical (unpaired) electrons. The molecule has 6 nitrogen and oxygen atoms in total. The molecule has 0 aromatic heterocycles. The molecule has 1 aromatic carbocycles. The number of amides is 2. The van der Waals surface area contributed by atoms with Crippen molar-refractivity contribution < 1.29 is 14.3 Å². The van der Waals surface area contributed by atoms with Crippen LogP contribution in [0.5, 0.6) is 0 Å². The second-order valence-electron chi connectivity index (χ2n) is 3.78. The molecule has 1 aromatic rings. The second-order valence-corrected chi connectivity index (χ2v) is 3.78. The number of rotatable bonds is 2. The Labute approximate surface area is 104 Å². The first-order valence-corrected chi connectivity index (χ1v) is 5.32. The van der Waals surface area contributed by atoms with Crippen LogP contribution in [0.3, 0.4) is 0 Å². The van der Waals surface area contributed by atoms with Crippen molar-refractivity contribution in [2.24, 2.45) is 0 Å². The zero-order valence-corrected chi connectivity index (χ0v) is 9.71. The van der Waals surface area contributed by atoms with Gasteiger partial charge in [0.05, 0.1) is 24.9 Å². The number of urea groups is 1. The lowest BCUT2D eigenvalue weighted by Gasteiger charge is -2.07. The summed E-state index contributed by atoms with van der Waals surface area (Å²) in [6.45, 7) is 0.341. The summed E-state index contributed by atoms with van der Waals surface area (Å²) in [6.07, 6.45) is 0. The van der Waals surface area contributed by atoms with E-state index in [4.69, 9.17) is 5.26 Å². The predicted octanol–water partition coefficient (Wildman–Crippen LogP) is 0.947. The molecule has 92 valence electrons. The van der Waals surface area contributed by atoms with E-state index in [1.54, 1.807) is 24.3 Å².